The summed E-state index contributed by atoms with van der Waals surface area (Å²) in [4.78, 5) is 11.1. The average Bonchev–Trinajstić information content (AvgIpc) is 2.17. The molecule has 4 nitrogen and oxygen atoms in total. The first-order valence-corrected chi connectivity index (χ1v) is 5.45. The van der Waals surface area contributed by atoms with Gasteiger partial charge in [-0.25, -0.2) is 9.97 Å². The summed E-state index contributed by atoms with van der Waals surface area (Å²) in [6, 6.07) is 1.82. The van der Waals surface area contributed by atoms with Crippen molar-refractivity contribution in [3.05, 3.63) is 17.6 Å². The molecule has 4 heteroatoms. The third-order valence-electron chi connectivity index (χ3n) is 2.98. The molecular formula is C11H18N4. The van der Waals surface area contributed by atoms with E-state index in [0.29, 0.717) is 11.7 Å². The monoisotopic (exact) mass is 206 g/mol. The van der Waals surface area contributed by atoms with E-state index in [1.807, 2.05) is 13.0 Å². The van der Waals surface area contributed by atoms with Gasteiger partial charge in [-0.1, -0.05) is 0 Å². The van der Waals surface area contributed by atoms with Crippen molar-refractivity contribution >= 4 is 5.82 Å². The number of nitrogens with zero attached hydrogens (tertiary/aromatic N) is 3. The molecule has 1 saturated heterocycles. The van der Waals surface area contributed by atoms with Gasteiger partial charge in [0.15, 0.2) is 0 Å². The lowest BCUT2D eigenvalue weighted by Gasteiger charge is -2.28. The molecule has 0 aliphatic carbocycles. The summed E-state index contributed by atoms with van der Waals surface area (Å²) in [6.07, 6.45) is 2.28. The van der Waals surface area contributed by atoms with E-state index in [2.05, 4.69) is 21.9 Å². The molecule has 0 radical (unpaired) electrons. The Hall–Kier alpha value is -1.16. The smallest absolute Gasteiger partial charge is 0.134 e. The maximum atomic E-state index is 5.73. The third-order valence-corrected chi connectivity index (χ3v) is 2.98. The number of hydrogen-bond acceptors (Lipinski definition) is 4. The van der Waals surface area contributed by atoms with Crippen LogP contribution < -0.4 is 5.73 Å². The van der Waals surface area contributed by atoms with Crippen LogP contribution in [-0.4, -0.2) is 35.0 Å². The van der Waals surface area contributed by atoms with E-state index in [1.165, 1.54) is 0 Å². The van der Waals surface area contributed by atoms with Crippen molar-refractivity contribution < 1.29 is 0 Å². The molecule has 0 bridgehead atoms. The second-order valence-corrected chi connectivity index (χ2v) is 4.37. The maximum Gasteiger partial charge on any atom is 0.134 e. The molecule has 1 aliphatic rings. The van der Waals surface area contributed by atoms with Gasteiger partial charge in [-0.3, -0.25) is 0 Å². The predicted octanol–water partition coefficient (Wildman–Crippen LogP) is 1.18. The van der Waals surface area contributed by atoms with Crippen LogP contribution in [0.1, 0.15) is 30.3 Å². The van der Waals surface area contributed by atoms with Gasteiger partial charge in [-0.05, 0) is 39.9 Å². The molecule has 0 unspecified atom stereocenters. The van der Waals surface area contributed by atoms with Crippen LogP contribution in [0.5, 0.6) is 0 Å². The minimum Gasteiger partial charge on any atom is -0.384 e. The van der Waals surface area contributed by atoms with E-state index in [9.17, 15) is 0 Å². The zero-order valence-corrected chi connectivity index (χ0v) is 9.40. The van der Waals surface area contributed by atoms with Crippen molar-refractivity contribution in [2.75, 3.05) is 25.9 Å². The quantitative estimate of drug-likeness (QED) is 0.749. The fourth-order valence-corrected chi connectivity index (χ4v) is 2.07. The van der Waals surface area contributed by atoms with Crippen LogP contribution in [0.3, 0.4) is 0 Å². The Morgan fingerprint density at radius 1 is 1.33 bits per heavy atom. The fraction of sp³-hybridized carbons (Fsp3) is 0.636. The number of piperidine rings is 1. The second kappa shape index (κ2) is 4.14. The minimum absolute atomic E-state index is 0.489. The first-order chi connectivity index (χ1) is 7.15. The molecule has 2 N–H and O–H groups in total. The molecular weight excluding hydrogens is 188 g/mol. The zero-order chi connectivity index (χ0) is 10.8. The van der Waals surface area contributed by atoms with Crippen LogP contribution in [-0.2, 0) is 0 Å². The molecule has 1 aromatic heterocycles. The van der Waals surface area contributed by atoms with Crippen LogP contribution in [0.15, 0.2) is 6.07 Å². The lowest BCUT2D eigenvalue weighted by molar-refractivity contribution is 0.251. The highest BCUT2D eigenvalue weighted by molar-refractivity contribution is 5.30. The molecule has 2 heterocycles. The summed E-state index contributed by atoms with van der Waals surface area (Å²) >= 11 is 0. The summed E-state index contributed by atoms with van der Waals surface area (Å²) in [5.41, 5.74) is 6.70. The van der Waals surface area contributed by atoms with Crippen molar-refractivity contribution in [1.29, 1.82) is 0 Å². The normalized spacial score (nSPS) is 19.3. The standard InChI is InChI=1S/C11H18N4/c1-8-7-10(12)14-11(13-8)9-3-5-15(2)6-4-9/h7,9H,3-6H2,1-2H3,(H2,12,13,14). The molecule has 0 amide bonds. The Bertz CT molecular complexity index is 322. The maximum absolute atomic E-state index is 5.73. The third kappa shape index (κ3) is 2.45. The van der Waals surface area contributed by atoms with Crippen molar-refractivity contribution in [1.82, 2.24) is 14.9 Å². The zero-order valence-electron chi connectivity index (χ0n) is 9.40. The first kappa shape index (κ1) is 10.4. The molecule has 0 spiro atoms. The Balaban J connectivity index is 2.15. The van der Waals surface area contributed by atoms with Crippen LogP contribution >= 0.6 is 0 Å². The van der Waals surface area contributed by atoms with Crippen LogP contribution in [0.25, 0.3) is 0 Å². The molecule has 2 rings (SSSR count). The SMILES string of the molecule is Cc1cc(N)nc(C2CCN(C)CC2)n1. The van der Waals surface area contributed by atoms with Crippen molar-refractivity contribution in [3.8, 4) is 0 Å². The summed E-state index contributed by atoms with van der Waals surface area (Å²) in [5.74, 6) is 2.01. The molecule has 15 heavy (non-hydrogen) atoms. The van der Waals surface area contributed by atoms with Crippen LogP contribution in [0, 0.1) is 6.92 Å². The number of anilines is 1. The van der Waals surface area contributed by atoms with Crippen LogP contribution in [0.2, 0.25) is 0 Å². The highest BCUT2D eigenvalue weighted by Gasteiger charge is 2.20. The second-order valence-electron chi connectivity index (χ2n) is 4.37. The number of aryl methyl sites for hydroxylation is 1. The summed E-state index contributed by atoms with van der Waals surface area (Å²) in [6.45, 7) is 4.22. The topological polar surface area (TPSA) is 55.0 Å². The van der Waals surface area contributed by atoms with Gasteiger partial charge in [0.2, 0.25) is 0 Å². The van der Waals surface area contributed by atoms with Gasteiger partial charge in [0.25, 0.3) is 0 Å². The largest absolute Gasteiger partial charge is 0.384 e. The number of nitrogen functional groups attached to an aromatic ring is 1. The van der Waals surface area contributed by atoms with E-state index < -0.39 is 0 Å². The molecule has 0 atom stereocenters. The molecule has 1 aliphatic heterocycles. The van der Waals surface area contributed by atoms with Crippen LogP contribution in [0.4, 0.5) is 5.82 Å². The molecule has 0 saturated carbocycles. The van der Waals surface area contributed by atoms with E-state index in [0.717, 1.165) is 37.4 Å². The molecule has 1 fully saturated rings. The van der Waals surface area contributed by atoms with E-state index in [-0.39, 0.29) is 0 Å². The Kier molecular flexibility index (Phi) is 2.86. The predicted molar refractivity (Wildman–Crippen MR) is 60.7 cm³/mol. The van der Waals surface area contributed by atoms with Gasteiger partial charge >= 0.3 is 0 Å². The Morgan fingerprint density at radius 3 is 2.60 bits per heavy atom. The summed E-state index contributed by atoms with van der Waals surface area (Å²) in [7, 11) is 2.15. The minimum atomic E-state index is 0.489. The summed E-state index contributed by atoms with van der Waals surface area (Å²) in [5, 5.41) is 0. The highest BCUT2D eigenvalue weighted by atomic mass is 15.1. The van der Waals surface area contributed by atoms with E-state index in [1.54, 1.807) is 0 Å². The average molecular weight is 206 g/mol. The molecule has 82 valence electrons. The molecule has 0 aromatic carbocycles. The van der Waals surface area contributed by atoms with Crippen molar-refractivity contribution in [2.24, 2.45) is 0 Å². The van der Waals surface area contributed by atoms with Gasteiger partial charge < -0.3 is 10.6 Å². The van der Waals surface area contributed by atoms with Crippen molar-refractivity contribution in [2.45, 2.75) is 25.7 Å². The van der Waals surface area contributed by atoms with Gasteiger partial charge in [0.05, 0.1) is 0 Å². The van der Waals surface area contributed by atoms with Gasteiger partial charge in [-0.2, -0.15) is 0 Å². The first-order valence-electron chi connectivity index (χ1n) is 5.45. The number of rotatable bonds is 1. The Morgan fingerprint density at radius 2 is 2.00 bits per heavy atom. The summed E-state index contributed by atoms with van der Waals surface area (Å²) < 4.78 is 0. The number of likely N-dealkylation sites (tertiary alicyclic amines) is 1. The fourth-order valence-electron chi connectivity index (χ4n) is 2.07. The number of aromatic nitrogens is 2. The lowest BCUT2D eigenvalue weighted by Crippen LogP contribution is -2.30. The Labute approximate surface area is 90.5 Å². The number of hydrogen-bond donors (Lipinski definition) is 1. The van der Waals surface area contributed by atoms with Gasteiger partial charge in [0.1, 0.15) is 11.6 Å². The van der Waals surface area contributed by atoms with Gasteiger partial charge in [0, 0.05) is 17.7 Å². The highest BCUT2D eigenvalue weighted by Crippen LogP contribution is 2.25. The number of nitrogens with two attached hydrogens (primary N) is 1. The van der Waals surface area contributed by atoms with E-state index in [4.69, 9.17) is 5.73 Å². The van der Waals surface area contributed by atoms with E-state index >= 15 is 0 Å². The van der Waals surface area contributed by atoms with Crippen molar-refractivity contribution in [3.63, 3.8) is 0 Å². The van der Waals surface area contributed by atoms with Gasteiger partial charge in [-0.15, -0.1) is 0 Å². The molecule has 1 aromatic rings. The lowest BCUT2D eigenvalue weighted by atomic mass is 9.96.